The minimum absolute atomic E-state index is 0.0593. The number of carbonyl (C=O) groups is 1. The first-order valence-electron chi connectivity index (χ1n) is 4.77. The summed E-state index contributed by atoms with van der Waals surface area (Å²) in [6.45, 7) is 4.55. The summed E-state index contributed by atoms with van der Waals surface area (Å²) in [6.07, 6.45) is 0.681. The second-order valence-corrected chi connectivity index (χ2v) is 3.25. The van der Waals surface area contributed by atoms with Crippen LogP contribution in [-0.2, 0) is 9.53 Å². The molecular formula is C9H17NO3. The maximum absolute atomic E-state index is 11.2. The van der Waals surface area contributed by atoms with Gasteiger partial charge in [0.05, 0.1) is 12.5 Å². The van der Waals surface area contributed by atoms with Crippen molar-refractivity contribution in [2.24, 2.45) is 0 Å². The molecule has 0 aromatic rings. The Morgan fingerprint density at radius 2 is 2.46 bits per heavy atom. The van der Waals surface area contributed by atoms with Gasteiger partial charge in [-0.05, 0) is 13.3 Å². The van der Waals surface area contributed by atoms with Crippen LogP contribution in [0.5, 0.6) is 0 Å². The normalized spacial score (nSPS) is 22.8. The number of rotatable bonds is 5. The molecule has 4 heteroatoms. The predicted molar refractivity (Wildman–Crippen MR) is 48.3 cm³/mol. The second kappa shape index (κ2) is 5.19. The molecule has 1 rings (SSSR count). The maximum Gasteiger partial charge on any atom is 0.225 e. The summed E-state index contributed by atoms with van der Waals surface area (Å²) >= 11 is 0. The third kappa shape index (κ3) is 3.32. The van der Waals surface area contributed by atoms with Crippen LogP contribution >= 0.6 is 0 Å². The molecule has 4 nitrogen and oxygen atoms in total. The van der Waals surface area contributed by atoms with E-state index in [1.807, 2.05) is 6.92 Å². The predicted octanol–water partition coefficient (Wildman–Crippen LogP) is 0.00620. The molecule has 1 saturated heterocycles. The summed E-state index contributed by atoms with van der Waals surface area (Å²) in [6, 6.07) is 0. The van der Waals surface area contributed by atoms with Gasteiger partial charge in [0.2, 0.25) is 5.91 Å². The van der Waals surface area contributed by atoms with Gasteiger partial charge < -0.3 is 14.7 Å². The highest BCUT2D eigenvalue weighted by Crippen LogP contribution is 2.10. The Morgan fingerprint density at radius 1 is 1.69 bits per heavy atom. The molecule has 0 saturated carbocycles. The van der Waals surface area contributed by atoms with Crippen LogP contribution in [0.1, 0.15) is 19.8 Å². The summed E-state index contributed by atoms with van der Waals surface area (Å²) in [5, 5.41) is 9.18. The molecule has 0 radical (unpaired) electrons. The molecule has 0 aromatic carbocycles. The molecule has 1 N–H and O–H groups in total. The Hall–Kier alpha value is -0.610. The summed E-state index contributed by atoms with van der Waals surface area (Å²) in [5.74, 6) is 0.0593. The van der Waals surface area contributed by atoms with Gasteiger partial charge in [0.1, 0.15) is 0 Å². The lowest BCUT2D eigenvalue weighted by Gasteiger charge is -2.14. The highest BCUT2D eigenvalue weighted by molar-refractivity contribution is 5.78. The fourth-order valence-electron chi connectivity index (χ4n) is 1.47. The fourth-order valence-corrected chi connectivity index (χ4v) is 1.47. The molecule has 0 aromatic heterocycles. The van der Waals surface area contributed by atoms with Gasteiger partial charge in [0.25, 0.3) is 0 Å². The zero-order chi connectivity index (χ0) is 9.68. The van der Waals surface area contributed by atoms with Crippen molar-refractivity contribution in [3.63, 3.8) is 0 Å². The van der Waals surface area contributed by atoms with Gasteiger partial charge in [-0.1, -0.05) is 0 Å². The minimum atomic E-state index is -0.459. The quantitative estimate of drug-likeness (QED) is 0.617. The molecule has 1 amide bonds. The zero-order valence-electron chi connectivity index (χ0n) is 8.03. The Kier molecular flexibility index (Phi) is 4.18. The third-order valence-electron chi connectivity index (χ3n) is 2.11. The number of β-amino-alcohol motifs (C(OH)–C–C–N with tert-alkyl or cyclic N) is 1. The number of aliphatic hydroxyl groups excluding tert-OH is 1. The Bertz CT molecular complexity index is 172. The van der Waals surface area contributed by atoms with Gasteiger partial charge in [-0.15, -0.1) is 0 Å². The van der Waals surface area contributed by atoms with Crippen molar-refractivity contribution in [3.05, 3.63) is 0 Å². The first kappa shape index (κ1) is 10.5. The van der Waals surface area contributed by atoms with Crippen molar-refractivity contribution in [3.8, 4) is 0 Å². The monoisotopic (exact) mass is 187 g/mol. The van der Waals surface area contributed by atoms with Gasteiger partial charge in [-0.25, -0.2) is 0 Å². The lowest BCUT2D eigenvalue weighted by molar-refractivity contribution is -0.127. The summed E-state index contributed by atoms with van der Waals surface area (Å²) in [7, 11) is 0. The van der Waals surface area contributed by atoms with Crippen molar-refractivity contribution in [1.29, 1.82) is 0 Å². The van der Waals surface area contributed by atoms with E-state index in [0.717, 1.165) is 13.0 Å². The van der Waals surface area contributed by atoms with Crippen molar-refractivity contribution in [2.45, 2.75) is 25.9 Å². The molecular weight excluding hydrogens is 170 g/mol. The van der Waals surface area contributed by atoms with Crippen LogP contribution in [0.3, 0.4) is 0 Å². The van der Waals surface area contributed by atoms with Gasteiger partial charge in [0, 0.05) is 26.3 Å². The standard InChI is InChI=1S/C9H17NO3/c1-2-13-5-3-4-10-7-8(11)6-9(10)12/h8,11H,2-7H2,1H3. The van der Waals surface area contributed by atoms with E-state index in [0.29, 0.717) is 19.7 Å². The average molecular weight is 187 g/mol. The largest absolute Gasteiger partial charge is 0.391 e. The number of amides is 1. The van der Waals surface area contributed by atoms with Gasteiger partial charge in [-0.2, -0.15) is 0 Å². The number of ether oxygens (including phenoxy) is 1. The number of likely N-dealkylation sites (tertiary alicyclic amines) is 1. The van der Waals surface area contributed by atoms with Crippen LogP contribution in [-0.4, -0.2) is 48.3 Å². The molecule has 0 aliphatic carbocycles. The zero-order valence-corrected chi connectivity index (χ0v) is 8.03. The molecule has 0 bridgehead atoms. The number of hydrogen-bond acceptors (Lipinski definition) is 3. The lowest BCUT2D eigenvalue weighted by Crippen LogP contribution is -2.27. The van der Waals surface area contributed by atoms with Crippen LogP contribution in [0.2, 0.25) is 0 Å². The Labute approximate surface area is 78.5 Å². The van der Waals surface area contributed by atoms with E-state index in [-0.39, 0.29) is 12.3 Å². The average Bonchev–Trinajstić information content (AvgIpc) is 2.39. The third-order valence-corrected chi connectivity index (χ3v) is 2.11. The molecule has 1 unspecified atom stereocenters. The molecule has 1 fully saturated rings. The lowest BCUT2D eigenvalue weighted by atomic mass is 10.3. The van der Waals surface area contributed by atoms with Crippen LogP contribution in [0, 0.1) is 0 Å². The van der Waals surface area contributed by atoms with Crippen molar-refractivity contribution in [2.75, 3.05) is 26.3 Å². The van der Waals surface area contributed by atoms with E-state index in [1.165, 1.54) is 0 Å². The van der Waals surface area contributed by atoms with E-state index >= 15 is 0 Å². The van der Waals surface area contributed by atoms with E-state index in [2.05, 4.69) is 0 Å². The van der Waals surface area contributed by atoms with Crippen molar-refractivity contribution in [1.82, 2.24) is 4.90 Å². The molecule has 1 aliphatic rings. The molecule has 0 spiro atoms. The van der Waals surface area contributed by atoms with E-state index < -0.39 is 6.10 Å². The number of nitrogens with zero attached hydrogens (tertiary/aromatic N) is 1. The summed E-state index contributed by atoms with van der Waals surface area (Å²) in [4.78, 5) is 12.9. The van der Waals surface area contributed by atoms with Crippen LogP contribution in [0.25, 0.3) is 0 Å². The SMILES string of the molecule is CCOCCCN1CC(O)CC1=O. The van der Waals surface area contributed by atoms with E-state index in [4.69, 9.17) is 4.74 Å². The van der Waals surface area contributed by atoms with Gasteiger partial charge in [0.15, 0.2) is 0 Å². The van der Waals surface area contributed by atoms with Crippen molar-refractivity contribution < 1.29 is 14.6 Å². The number of hydrogen-bond donors (Lipinski definition) is 1. The summed E-state index contributed by atoms with van der Waals surface area (Å²) in [5.41, 5.74) is 0. The van der Waals surface area contributed by atoms with Gasteiger partial charge >= 0.3 is 0 Å². The fraction of sp³-hybridized carbons (Fsp3) is 0.889. The van der Waals surface area contributed by atoms with E-state index in [9.17, 15) is 9.90 Å². The molecule has 1 heterocycles. The molecule has 76 valence electrons. The van der Waals surface area contributed by atoms with E-state index in [1.54, 1.807) is 4.90 Å². The van der Waals surface area contributed by atoms with Gasteiger partial charge in [-0.3, -0.25) is 4.79 Å². The second-order valence-electron chi connectivity index (χ2n) is 3.25. The number of aliphatic hydroxyl groups is 1. The maximum atomic E-state index is 11.2. The Balaban J connectivity index is 2.11. The van der Waals surface area contributed by atoms with Crippen molar-refractivity contribution >= 4 is 5.91 Å². The first-order valence-corrected chi connectivity index (χ1v) is 4.77. The highest BCUT2D eigenvalue weighted by Gasteiger charge is 2.26. The highest BCUT2D eigenvalue weighted by atomic mass is 16.5. The van der Waals surface area contributed by atoms with Crippen LogP contribution < -0.4 is 0 Å². The molecule has 1 atom stereocenters. The minimum Gasteiger partial charge on any atom is -0.391 e. The number of carbonyl (C=O) groups excluding carboxylic acids is 1. The smallest absolute Gasteiger partial charge is 0.225 e. The Morgan fingerprint density at radius 3 is 3.00 bits per heavy atom. The summed E-state index contributed by atoms with van der Waals surface area (Å²) < 4.78 is 5.15. The first-order chi connectivity index (χ1) is 6.24. The molecule has 1 aliphatic heterocycles. The molecule has 13 heavy (non-hydrogen) atoms. The van der Waals surface area contributed by atoms with Crippen LogP contribution in [0.4, 0.5) is 0 Å². The van der Waals surface area contributed by atoms with Crippen LogP contribution in [0.15, 0.2) is 0 Å². The topological polar surface area (TPSA) is 49.8 Å².